The first-order chi connectivity index (χ1) is 9.65. The summed E-state index contributed by atoms with van der Waals surface area (Å²) in [5, 5.41) is 6.80. The number of hydrogen-bond donors (Lipinski definition) is 2. The van der Waals surface area contributed by atoms with Crippen LogP contribution in [0, 0.1) is 5.92 Å². The number of anilines is 1. The highest BCUT2D eigenvalue weighted by molar-refractivity contribution is 5.39. The number of aromatic nitrogens is 1. The number of rotatable bonds is 10. The van der Waals surface area contributed by atoms with Crippen molar-refractivity contribution in [2.75, 3.05) is 32.1 Å². The van der Waals surface area contributed by atoms with Crippen LogP contribution in [-0.2, 0) is 17.7 Å². The summed E-state index contributed by atoms with van der Waals surface area (Å²) in [6.45, 7) is 10.1. The van der Waals surface area contributed by atoms with E-state index in [2.05, 4.69) is 48.5 Å². The monoisotopic (exact) mass is 279 g/mol. The van der Waals surface area contributed by atoms with Crippen molar-refractivity contribution in [3.8, 4) is 0 Å². The molecule has 1 rings (SSSR count). The first-order valence-electron chi connectivity index (χ1n) is 7.59. The molecule has 0 atom stereocenters. The molecular formula is C16H29N3O. The number of ether oxygens (including phenoxy) is 1. The van der Waals surface area contributed by atoms with Gasteiger partial charge in [-0.15, -0.1) is 0 Å². The SMILES string of the molecule is CCCc1cc(CNCC(C)C)cc(NCCOC)n1. The van der Waals surface area contributed by atoms with Gasteiger partial charge in [0.2, 0.25) is 0 Å². The average Bonchev–Trinajstić information content (AvgIpc) is 2.39. The molecule has 20 heavy (non-hydrogen) atoms. The zero-order chi connectivity index (χ0) is 14.8. The Balaban J connectivity index is 2.65. The third-order valence-electron chi connectivity index (χ3n) is 2.94. The molecule has 0 aromatic carbocycles. The van der Waals surface area contributed by atoms with E-state index in [1.807, 2.05) is 0 Å². The number of hydrogen-bond acceptors (Lipinski definition) is 4. The van der Waals surface area contributed by atoms with Gasteiger partial charge in [0.1, 0.15) is 5.82 Å². The van der Waals surface area contributed by atoms with Crippen molar-refractivity contribution in [2.45, 2.75) is 40.2 Å². The molecule has 0 aliphatic carbocycles. The molecule has 4 heteroatoms. The van der Waals surface area contributed by atoms with E-state index in [1.165, 1.54) is 5.56 Å². The maximum absolute atomic E-state index is 5.06. The first kappa shape index (κ1) is 16.9. The Morgan fingerprint density at radius 2 is 2.10 bits per heavy atom. The Kier molecular flexibility index (Phi) is 8.23. The normalized spacial score (nSPS) is 11.1. The van der Waals surface area contributed by atoms with Gasteiger partial charge in [-0.3, -0.25) is 0 Å². The number of nitrogens with one attached hydrogen (secondary N) is 2. The van der Waals surface area contributed by atoms with E-state index in [1.54, 1.807) is 7.11 Å². The highest BCUT2D eigenvalue weighted by Crippen LogP contribution is 2.12. The summed E-state index contributed by atoms with van der Waals surface area (Å²) in [4.78, 5) is 4.64. The van der Waals surface area contributed by atoms with Crippen LogP contribution in [0.1, 0.15) is 38.4 Å². The van der Waals surface area contributed by atoms with Crippen LogP contribution in [0.2, 0.25) is 0 Å². The van der Waals surface area contributed by atoms with E-state index < -0.39 is 0 Å². The Morgan fingerprint density at radius 1 is 1.30 bits per heavy atom. The van der Waals surface area contributed by atoms with Gasteiger partial charge in [0, 0.05) is 25.9 Å². The fourth-order valence-corrected chi connectivity index (χ4v) is 2.01. The van der Waals surface area contributed by atoms with Crippen molar-refractivity contribution >= 4 is 5.82 Å². The van der Waals surface area contributed by atoms with Crippen LogP contribution in [0.3, 0.4) is 0 Å². The lowest BCUT2D eigenvalue weighted by molar-refractivity contribution is 0.210. The molecule has 1 aromatic heterocycles. The molecule has 0 unspecified atom stereocenters. The smallest absolute Gasteiger partial charge is 0.126 e. The highest BCUT2D eigenvalue weighted by atomic mass is 16.5. The van der Waals surface area contributed by atoms with Crippen LogP contribution in [-0.4, -0.2) is 31.8 Å². The second kappa shape index (κ2) is 9.72. The van der Waals surface area contributed by atoms with Crippen LogP contribution < -0.4 is 10.6 Å². The molecule has 0 spiro atoms. The third kappa shape index (κ3) is 6.87. The maximum Gasteiger partial charge on any atom is 0.126 e. The zero-order valence-electron chi connectivity index (χ0n) is 13.3. The number of nitrogens with zero attached hydrogens (tertiary/aromatic N) is 1. The maximum atomic E-state index is 5.06. The molecule has 0 aliphatic rings. The summed E-state index contributed by atoms with van der Waals surface area (Å²) >= 11 is 0. The Labute approximate surface area is 123 Å². The van der Waals surface area contributed by atoms with Crippen molar-refractivity contribution < 1.29 is 4.74 Å². The number of methoxy groups -OCH3 is 1. The van der Waals surface area contributed by atoms with E-state index in [0.29, 0.717) is 12.5 Å². The lowest BCUT2D eigenvalue weighted by Gasteiger charge is -2.12. The van der Waals surface area contributed by atoms with Crippen LogP contribution in [0.15, 0.2) is 12.1 Å². The van der Waals surface area contributed by atoms with Crippen molar-refractivity contribution in [3.05, 3.63) is 23.4 Å². The number of pyridine rings is 1. The van der Waals surface area contributed by atoms with Gasteiger partial charge in [-0.1, -0.05) is 27.2 Å². The average molecular weight is 279 g/mol. The van der Waals surface area contributed by atoms with Crippen molar-refractivity contribution in [2.24, 2.45) is 5.92 Å². The molecule has 2 N–H and O–H groups in total. The first-order valence-corrected chi connectivity index (χ1v) is 7.59. The summed E-state index contributed by atoms with van der Waals surface area (Å²) in [6, 6.07) is 4.33. The summed E-state index contributed by atoms with van der Waals surface area (Å²) < 4.78 is 5.06. The molecular weight excluding hydrogens is 250 g/mol. The van der Waals surface area contributed by atoms with Gasteiger partial charge in [-0.2, -0.15) is 0 Å². The molecule has 0 radical (unpaired) electrons. The van der Waals surface area contributed by atoms with E-state index in [0.717, 1.165) is 44.0 Å². The molecule has 4 nitrogen and oxygen atoms in total. The highest BCUT2D eigenvalue weighted by Gasteiger charge is 2.03. The quantitative estimate of drug-likeness (QED) is 0.647. The standard InChI is InChI=1S/C16H29N3O/c1-5-6-15-9-14(12-17-11-13(2)3)10-16(19-15)18-7-8-20-4/h9-10,13,17H,5-8,11-12H2,1-4H3,(H,18,19). The number of aryl methyl sites for hydroxylation is 1. The molecule has 0 fully saturated rings. The van der Waals surface area contributed by atoms with E-state index >= 15 is 0 Å². The second-order valence-electron chi connectivity index (χ2n) is 5.55. The summed E-state index contributed by atoms with van der Waals surface area (Å²) in [5.41, 5.74) is 2.46. The fourth-order valence-electron chi connectivity index (χ4n) is 2.01. The summed E-state index contributed by atoms with van der Waals surface area (Å²) in [7, 11) is 1.71. The van der Waals surface area contributed by atoms with Gasteiger partial charge in [0.15, 0.2) is 0 Å². The predicted molar refractivity (Wildman–Crippen MR) is 85.1 cm³/mol. The largest absolute Gasteiger partial charge is 0.383 e. The molecule has 0 saturated carbocycles. The van der Waals surface area contributed by atoms with Gasteiger partial charge in [-0.05, 0) is 36.6 Å². The van der Waals surface area contributed by atoms with E-state index in [9.17, 15) is 0 Å². The lowest BCUT2D eigenvalue weighted by Crippen LogP contribution is -2.19. The van der Waals surface area contributed by atoms with Gasteiger partial charge in [0.05, 0.1) is 6.61 Å². The molecule has 1 heterocycles. The lowest BCUT2D eigenvalue weighted by atomic mass is 10.1. The third-order valence-corrected chi connectivity index (χ3v) is 2.94. The van der Waals surface area contributed by atoms with E-state index in [4.69, 9.17) is 4.74 Å². The van der Waals surface area contributed by atoms with E-state index in [-0.39, 0.29) is 0 Å². The van der Waals surface area contributed by atoms with Crippen molar-refractivity contribution in [3.63, 3.8) is 0 Å². The fraction of sp³-hybridized carbons (Fsp3) is 0.688. The predicted octanol–water partition coefficient (Wildman–Crippen LogP) is 2.84. The van der Waals surface area contributed by atoms with Crippen molar-refractivity contribution in [1.82, 2.24) is 10.3 Å². The molecule has 114 valence electrons. The Hall–Kier alpha value is -1.13. The van der Waals surface area contributed by atoms with Gasteiger partial charge >= 0.3 is 0 Å². The van der Waals surface area contributed by atoms with Crippen LogP contribution in [0.4, 0.5) is 5.82 Å². The minimum absolute atomic E-state index is 0.672. The topological polar surface area (TPSA) is 46.2 Å². The Bertz CT molecular complexity index is 380. The molecule has 0 saturated heterocycles. The molecule has 0 amide bonds. The van der Waals surface area contributed by atoms with Crippen LogP contribution in [0.5, 0.6) is 0 Å². The minimum atomic E-state index is 0.672. The van der Waals surface area contributed by atoms with Crippen molar-refractivity contribution in [1.29, 1.82) is 0 Å². The second-order valence-corrected chi connectivity index (χ2v) is 5.55. The molecule has 0 aliphatic heterocycles. The molecule has 0 bridgehead atoms. The molecule has 1 aromatic rings. The van der Waals surface area contributed by atoms with Crippen LogP contribution >= 0.6 is 0 Å². The van der Waals surface area contributed by atoms with Gasteiger partial charge in [-0.25, -0.2) is 4.98 Å². The summed E-state index contributed by atoms with van der Waals surface area (Å²) in [6.07, 6.45) is 2.14. The van der Waals surface area contributed by atoms with Gasteiger partial charge in [0.25, 0.3) is 0 Å². The van der Waals surface area contributed by atoms with Crippen LogP contribution in [0.25, 0.3) is 0 Å². The zero-order valence-corrected chi connectivity index (χ0v) is 13.3. The minimum Gasteiger partial charge on any atom is -0.383 e. The Morgan fingerprint density at radius 3 is 2.75 bits per heavy atom. The van der Waals surface area contributed by atoms with Gasteiger partial charge < -0.3 is 15.4 Å². The summed E-state index contributed by atoms with van der Waals surface area (Å²) in [5.74, 6) is 1.63.